The summed E-state index contributed by atoms with van der Waals surface area (Å²) in [7, 11) is 0. The minimum Gasteiger partial charge on any atom is -0.465 e. The standard InChI is InChI=1S/C14H11Cl2FN4O2S/c1-6(19-14(22)23)10(11-8(15)2-3-24-11)20-13-9(17)4-7(5-18)12(16)21-13/h2-4,6,10,19H,1H3,(H,20,21)(H,22,23)/t6-,10-/m0/s1. The van der Waals surface area contributed by atoms with Gasteiger partial charge in [-0.05, 0) is 24.4 Å². The first kappa shape index (κ1) is 18.3. The van der Waals surface area contributed by atoms with Gasteiger partial charge in [0.05, 0.1) is 22.7 Å². The molecule has 0 saturated carbocycles. The van der Waals surface area contributed by atoms with Gasteiger partial charge < -0.3 is 15.7 Å². The summed E-state index contributed by atoms with van der Waals surface area (Å²) in [5.74, 6) is -0.983. The van der Waals surface area contributed by atoms with E-state index in [2.05, 4.69) is 15.6 Å². The SMILES string of the molecule is C[C@H](NC(=O)O)[C@H](Nc1nc(Cl)c(C#N)cc1F)c1sccc1Cl. The lowest BCUT2D eigenvalue weighted by atomic mass is 10.1. The van der Waals surface area contributed by atoms with Crippen LogP contribution in [-0.2, 0) is 0 Å². The first-order chi connectivity index (χ1) is 11.3. The van der Waals surface area contributed by atoms with Crippen molar-refractivity contribution in [2.45, 2.75) is 19.0 Å². The largest absolute Gasteiger partial charge is 0.465 e. The number of pyridine rings is 1. The van der Waals surface area contributed by atoms with Crippen LogP contribution < -0.4 is 10.6 Å². The molecular weight excluding hydrogens is 378 g/mol. The number of thiophene rings is 1. The predicted octanol–water partition coefficient (Wildman–Crippen LogP) is 4.27. The maximum absolute atomic E-state index is 14.1. The maximum atomic E-state index is 14.1. The number of carbonyl (C=O) groups is 1. The topological polar surface area (TPSA) is 98.0 Å². The van der Waals surface area contributed by atoms with Gasteiger partial charge in [0.2, 0.25) is 0 Å². The van der Waals surface area contributed by atoms with Gasteiger partial charge in [-0.25, -0.2) is 14.2 Å². The van der Waals surface area contributed by atoms with Crippen molar-refractivity contribution in [1.82, 2.24) is 10.3 Å². The maximum Gasteiger partial charge on any atom is 0.404 e. The van der Waals surface area contributed by atoms with Crippen LogP contribution >= 0.6 is 34.5 Å². The van der Waals surface area contributed by atoms with Gasteiger partial charge in [-0.15, -0.1) is 11.3 Å². The summed E-state index contributed by atoms with van der Waals surface area (Å²) in [6, 6.07) is 3.02. The van der Waals surface area contributed by atoms with E-state index < -0.39 is 24.0 Å². The lowest BCUT2D eigenvalue weighted by molar-refractivity contribution is 0.189. The van der Waals surface area contributed by atoms with Crippen LogP contribution in [0.5, 0.6) is 0 Å². The second kappa shape index (κ2) is 7.66. The number of anilines is 1. The summed E-state index contributed by atoms with van der Waals surface area (Å²) in [6.45, 7) is 1.60. The van der Waals surface area contributed by atoms with Gasteiger partial charge in [0, 0.05) is 4.88 Å². The summed E-state index contributed by atoms with van der Waals surface area (Å²) in [5, 5.41) is 24.9. The highest BCUT2D eigenvalue weighted by molar-refractivity contribution is 7.10. The highest BCUT2D eigenvalue weighted by Gasteiger charge is 2.26. The number of aromatic nitrogens is 1. The fourth-order valence-electron chi connectivity index (χ4n) is 2.02. The molecule has 2 aromatic heterocycles. The van der Waals surface area contributed by atoms with Crippen molar-refractivity contribution < 1.29 is 14.3 Å². The van der Waals surface area contributed by atoms with E-state index in [1.165, 1.54) is 11.3 Å². The Kier molecular flexibility index (Phi) is 5.83. The Morgan fingerprint density at radius 3 is 2.79 bits per heavy atom. The lowest BCUT2D eigenvalue weighted by Crippen LogP contribution is -2.39. The minimum atomic E-state index is -1.23. The Balaban J connectivity index is 2.39. The Morgan fingerprint density at radius 1 is 1.54 bits per heavy atom. The quantitative estimate of drug-likeness (QED) is 0.664. The first-order valence-electron chi connectivity index (χ1n) is 6.58. The summed E-state index contributed by atoms with van der Waals surface area (Å²) in [4.78, 5) is 15.3. The van der Waals surface area contributed by atoms with E-state index in [4.69, 9.17) is 33.6 Å². The molecule has 3 N–H and O–H groups in total. The van der Waals surface area contributed by atoms with Crippen molar-refractivity contribution >= 4 is 46.4 Å². The molecule has 126 valence electrons. The van der Waals surface area contributed by atoms with Crippen LogP contribution in [0.3, 0.4) is 0 Å². The summed E-state index contributed by atoms with van der Waals surface area (Å²) in [5.41, 5.74) is -0.0952. The van der Waals surface area contributed by atoms with Gasteiger partial charge in [0.1, 0.15) is 11.2 Å². The normalized spacial score (nSPS) is 13.0. The van der Waals surface area contributed by atoms with E-state index in [1.54, 1.807) is 24.4 Å². The zero-order chi connectivity index (χ0) is 17.9. The molecule has 10 heteroatoms. The van der Waals surface area contributed by atoms with Crippen LogP contribution in [0, 0.1) is 17.1 Å². The molecule has 6 nitrogen and oxygen atoms in total. The second-order valence-electron chi connectivity index (χ2n) is 4.76. The summed E-state index contributed by atoms with van der Waals surface area (Å²) >= 11 is 13.2. The molecule has 0 spiro atoms. The van der Waals surface area contributed by atoms with E-state index in [-0.39, 0.29) is 16.5 Å². The van der Waals surface area contributed by atoms with E-state index >= 15 is 0 Å². The highest BCUT2D eigenvalue weighted by Crippen LogP contribution is 2.34. The van der Waals surface area contributed by atoms with Crippen molar-refractivity contribution in [2.75, 3.05) is 5.32 Å². The van der Waals surface area contributed by atoms with Gasteiger partial charge in [-0.3, -0.25) is 0 Å². The number of carboxylic acid groups (broad SMARTS) is 1. The predicted molar refractivity (Wildman–Crippen MR) is 90.2 cm³/mol. The number of amides is 1. The molecule has 0 unspecified atom stereocenters. The number of rotatable bonds is 5. The Bertz CT molecular complexity index is 809. The smallest absolute Gasteiger partial charge is 0.404 e. The molecule has 2 rings (SSSR count). The van der Waals surface area contributed by atoms with Crippen LogP contribution in [0.15, 0.2) is 17.5 Å². The average Bonchev–Trinajstić information content (AvgIpc) is 2.92. The Hall–Kier alpha value is -2.08. The fraction of sp³-hybridized carbons (Fsp3) is 0.214. The van der Waals surface area contributed by atoms with Gasteiger partial charge >= 0.3 is 6.09 Å². The summed E-state index contributed by atoms with van der Waals surface area (Å²) < 4.78 is 14.1. The molecule has 0 aliphatic heterocycles. The molecule has 0 saturated heterocycles. The third-order valence-corrected chi connectivity index (χ3v) is 4.85. The van der Waals surface area contributed by atoms with Crippen LogP contribution in [0.1, 0.15) is 23.4 Å². The second-order valence-corrected chi connectivity index (χ2v) is 6.47. The molecule has 0 radical (unpaired) electrons. The number of hydrogen-bond donors (Lipinski definition) is 3. The molecule has 2 atom stereocenters. The summed E-state index contributed by atoms with van der Waals surface area (Å²) in [6.07, 6.45) is -1.23. The molecule has 0 fully saturated rings. The molecule has 0 bridgehead atoms. The molecule has 0 aliphatic rings. The molecule has 24 heavy (non-hydrogen) atoms. The highest BCUT2D eigenvalue weighted by atomic mass is 35.5. The number of nitrogens with zero attached hydrogens (tertiary/aromatic N) is 2. The van der Waals surface area contributed by atoms with Crippen molar-refractivity contribution in [3.05, 3.63) is 43.9 Å². The van der Waals surface area contributed by atoms with Gasteiger partial charge in [0.25, 0.3) is 0 Å². The third-order valence-electron chi connectivity index (χ3n) is 3.12. The number of halogens is 3. The van der Waals surface area contributed by atoms with Gasteiger partial charge in [-0.2, -0.15) is 5.26 Å². The third kappa shape index (κ3) is 4.06. The van der Waals surface area contributed by atoms with E-state index in [1.807, 2.05) is 0 Å². The van der Waals surface area contributed by atoms with Crippen LogP contribution in [0.4, 0.5) is 15.0 Å². The van der Waals surface area contributed by atoms with Crippen LogP contribution in [-0.4, -0.2) is 22.2 Å². The lowest BCUT2D eigenvalue weighted by Gasteiger charge is -2.25. The van der Waals surface area contributed by atoms with E-state index in [9.17, 15) is 9.18 Å². The van der Waals surface area contributed by atoms with Crippen molar-refractivity contribution in [2.24, 2.45) is 0 Å². The van der Waals surface area contributed by atoms with Gasteiger partial charge in [0.15, 0.2) is 11.6 Å². The van der Waals surface area contributed by atoms with Crippen LogP contribution in [0.2, 0.25) is 10.2 Å². The van der Waals surface area contributed by atoms with Crippen molar-refractivity contribution in [3.8, 4) is 6.07 Å². The average molecular weight is 389 g/mol. The molecule has 2 heterocycles. The number of nitriles is 1. The zero-order valence-corrected chi connectivity index (χ0v) is 14.5. The molecule has 0 aromatic carbocycles. The van der Waals surface area contributed by atoms with Crippen LogP contribution in [0.25, 0.3) is 0 Å². The van der Waals surface area contributed by atoms with Crippen molar-refractivity contribution in [3.63, 3.8) is 0 Å². The fourth-order valence-corrected chi connectivity index (χ4v) is 3.53. The van der Waals surface area contributed by atoms with E-state index in [0.29, 0.717) is 9.90 Å². The molecular formula is C14H11Cl2FN4O2S. The van der Waals surface area contributed by atoms with E-state index in [0.717, 1.165) is 6.07 Å². The molecule has 2 aromatic rings. The monoisotopic (exact) mass is 388 g/mol. The first-order valence-corrected chi connectivity index (χ1v) is 8.22. The zero-order valence-electron chi connectivity index (χ0n) is 12.2. The van der Waals surface area contributed by atoms with Gasteiger partial charge in [-0.1, -0.05) is 23.2 Å². The number of nitrogens with one attached hydrogen (secondary N) is 2. The Morgan fingerprint density at radius 2 is 2.25 bits per heavy atom. The number of hydrogen-bond acceptors (Lipinski definition) is 5. The molecule has 1 amide bonds. The minimum absolute atomic E-state index is 0.0952. The molecule has 0 aliphatic carbocycles. The van der Waals surface area contributed by atoms with Crippen molar-refractivity contribution in [1.29, 1.82) is 5.26 Å². The Labute approximate surface area is 150 Å².